The van der Waals surface area contributed by atoms with Gasteiger partial charge in [-0.3, -0.25) is 9.69 Å². The van der Waals surface area contributed by atoms with E-state index in [4.69, 9.17) is 9.72 Å². The van der Waals surface area contributed by atoms with E-state index in [-0.39, 0.29) is 35.7 Å². The van der Waals surface area contributed by atoms with E-state index in [1.807, 2.05) is 19.2 Å². The van der Waals surface area contributed by atoms with Crippen LogP contribution in [0, 0.1) is 28.9 Å². The summed E-state index contributed by atoms with van der Waals surface area (Å²) >= 11 is 0. The number of carbonyl (C=O) groups excluding carboxylic acids is 1. The van der Waals surface area contributed by atoms with E-state index in [9.17, 15) is 10.1 Å². The Morgan fingerprint density at radius 2 is 1.93 bits per heavy atom. The molecule has 2 aromatic carbocycles. The highest BCUT2D eigenvalue weighted by Gasteiger charge is 2.36. The lowest BCUT2D eigenvalue weighted by Crippen LogP contribution is -2.36. The molecule has 212 valence electrons. The number of benzene rings is 2. The van der Waals surface area contributed by atoms with Crippen LogP contribution in [0.1, 0.15) is 51.5 Å². The van der Waals surface area contributed by atoms with Gasteiger partial charge in [0.2, 0.25) is 0 Å². The van der Waals surface area contributed by atoms with Gasteiger partial charge in [-0.2, -0.15) is 5.26 Å². The smallest absolute Gasteiger partial charge is 0.260 e. The first-order chi connectivity index (χ1) is 20.4. The Morgan fingerprint density at radius 3 is 2.62 bits per heavy atom. The minimum Gasteiger partial charge on any atom is -0.381 e. The number of aromatic nitrogens is 4. The molecule has 1 saturated carbocycles. The van der Waals surface area contributed by atoms with E-state index in [2.05, 4.69) is 21.6 Å². The van der Waals surface area contributed by atoms with Crippen LogP contribution in [0.5, 0.6) is 0 Å². The van der Waals surface area contributed by atoms with Gasteiger partial charge in [0.25, 0.3) is 5.91 Å². The molecule has 0 bridgehead atoms. The van der Waals surface area contributed by atoms with Gasteiger partial charge in [0.05, 0.1) is 31.4 Å². The van der Waals surface area contributed by atoms with Crippen LogP contribution < -0.4 is 10.2 Å². The van der Waals surface area contributed by atoms with Crippen molar-refractivity contribution in [1.29, 1.82) is 5.26 Å². The molecule has 4 aromatic rings. The summed E-state index contributed by atoms with van der Waals surface area (Å²) in [5.74, 6) is -0.788. The number of hydrogen-bond donors (Lipinski definition) is 1. The highest BCUT2D eigenvalue weighted by atomic mass is 19.2. The van der Waals surface area contributed by atoms with Crippen molar-refractivity contribution in [2.75, 3.05) is 24.7 Å². The second-order valence-corrected chi connectivity index (χ2v) is 11.2. The summed E-state index contributed by atoms with van der Waals surface area (Å²) in [4.78, 5) is 19.9. The van der Waals surface area contributed by atoms with E-state index in [0.717, 1.165) is 29.7 Å². The zero-order valence-corrected chi connectivity index (χ0v) is 22.9. The van der Waals surface area contributed by atoms with Crippen LogP contribution in [0.15, 0.2) is 42.7 Å². The Bertz CT molecular complexity index is 1770. The third-order valence-electron chi connectivity index (χ3n) is 8.15. The lowest BCUT2D eigenvalue weighted by molar-refractivity contribution is -0.0307. The number of hydrogen-bond acceptors (Lipinski definition) is 7. The van der Waals surface area contributed by atoms with Crippen LogP contribution in [-0.4, -0.2) is 45.4 Å². The largest absolute Gasteiger partial charge is 0.381 e. The fourth-order valence-electron chi connectivity index (χ4n) is 5.56. The van der Waals surface area contributed by atoms with Crippen LogP contribution in [0.3, 0.4) is 0 Å². The van der Waals surface area contributed by atoms with Crippen LogP contribution in [0.25, 0.3) is 22.5 Å². The van der Waals surface area contributed by atoms with E-state index in [1.165, 1.54) is 11.0 Å². The molecule has 11 heteroatoms. The minimum atomic E-state index is -0.998. The fraction of sp³-hybridized carbons (Fsp3) is 0.323. The molecule has 0 spiro atoms. The van der Waals surface area contributed by atoms with Gasteiger partial charge in [-0.25, -0.2) is 13.8 Å². The second-order valence-electron chi connectivity index (χ2n) is 11.2. The van der Waals surface area contributed by atoms with Gasteiger partial charge >= 0.3 is 0 Å². The van der Waals surface area contributed by atoms with Crippen molar-refractivity contribution < 1.29 is 18.3 Å². The number of nitriles is 1. The molecule has 1 saturated heterocycles. The number of aryl methyl sites for hydroxylation is 1. The summed E-state index contributed by atoms with van der Waals surface area (Å²) in [5, 5.41) is 21.0. The molecule has 0 radical (unpaired) electrons. The summed E-state index contributed by atoms with van der Waals surface area (Å²) in [7, 11) is 1.82. The molecule has 42 heavy (non-hydrogen) atoms. The molecule has 0 unspecified atom stereocenters. The van der Waals surface area contributed by atoms with Crippen molar-refractivity contribution in [3.63, 3.8) is 0 Å². The van der Waals surface area contributed by atoms with Crippen LogP contribution in [-0.2, 0) is 24.9 Å². The monoisotopic (exact) mass is 567 g/mol. The normalized spacial score (nSPS) is 16.4. The summed E-state index contributed by atoms with van der Waals surface area (Å²) < 4.78 is 37.3. The average Bonchev–Trinajstić information content (AvgIpc) is 3.66. The zero-order valence-electron chi connectivity index (χ0n) is 22.9. The molecule has 4 heterocycles. The number of fused-ring (bicyclic) bond motifs is 1. The molecule has 1 N–H and O–H groups in total. The Labute approximate surface area is 240 Å². The van der Waals surface area contributed by atoms with Crippen LogP contribution >= 0.6 is 0 Å². The predicted octanol–water partition coefficient (Wildman–Crippen LogP) is 4.47. The number of ether oxygens (including phenoxy) is 1. The number of halogens is 2. The maximum atomic E-state index is 15.3. The number of carbonyl (C=O) groups is 1. The molecule has 1 amide bonds. The van der Waals surface area contributed by atoms with Crippen molar-refractivity contribution in [1.82, 2.24) is 25.1 Å². The van der Waals surface area contributed by atoms with Gasteiger partial charge in [-0.05, 0) is 54.3 Å². The maximum Gasteiger partial charge on any atom is 0.260 e. The molecule has 2 aromatic heterocycles. The third-order valence-corrected chi connectivity index (χ3v) is 8.15. The standard InChI is InChI=1S/C31H27F2N7O2/c1-39-16-36-38-30(39)23-6-17(10-34)2-5-22(23)20-8-26(19-3-4-19)37-27(9-20)40-13-25-24(31(40)41)7-21(28(32)29(25)33)12-35-11-18-14-42-15-18/h2,5-9,16,18-19,35H,3-4,11-15H2,1H3. The second kappa shape index (κ2) is 10.4. The van der Waals surface area contributed by atoms with Crippen LogP contribution in [0.2, 0.25) is 0 Å². The van der Waals surface area contributed by atoms with Crippen molar-refractivity contribution >= 4 is 11.7 Å². The highest BCUT2D eigenvalue weighted by Crippen LogP contribution is 2.43. The number of amides is 1. The summed E-state index contributed by atoms with van der Waals surface area (Å²) in [6, 6.07) is 12.8. The van der Waals surface area contributed by atoms with Crippen molar-refractivity contribution in [2.45, 2.75) is 31.8 Å². The lowest BCUT2D eigenvalue weighted by Gasteiger charge is -2.26. The molecule has 1 aliphatic carbocycles. The predicted molar refractivity (Wildman–Crippen MR) is 149 cm³/mol. The van der Waals surface area contributed by atoms with E-state index in [1.54, 1.807) is 29.1 Å². The fourth-order valence-corrected chi connectivity index (χ4v) is 5.56. The topological polar surface area (TPSA) is 109 Å². The quantitative estimate of drug-likeness (QED) is 0.335. The molecule has 2 aliphatic heterocycles. The van der Waals surface area contributed by atoms with Gasteiger partial charge in [-0.1, -0.05) is 6.07 Å². The van der Waals surface area contributed by atoms with E-state index >= 15 is 8.78 Å². The minimum absolute atomic E-state index is 0.0342. The van der Waals surface area contributed by atoms with Gasteiger partial charge in [0.1, 0.15) is 12.1 Å². The first-order valence-corrected chi connectivity index (χ1v) is 13.9. The molecular weight excluding hydrogens is 540 g/mol. The van der Waals surface area contributed by atoms with Crippen molar-refractivity contribution in [3.8, 4) is 28.6 Å². The molecule has 9 nitrogen and oxygen atoms in total. The van der Waals surface area contributed by atoms with Crippen molar-refractivity contribution in [2.24, 2.45) is 13.0 Å². The lowest BCUT2D eigenvalue weighted by atomic mass is 9.96. The molecule has 2 fully saturated rings. The van der Waals surface area contributed by atoms with Gasteiger partial charge in [0.15, 0.2) is 17.5 Å². The van der Waals surface area contributed by atoms with E-state index in [0.29, 0.717) is 48.4 Å². The van der Waals surface area contributed by atoms with Gasteiger partial charge in [0, 0.05) is 59.9 Å². The van der Waals surface area contributed by atoms with Crippen molar-refractivity contribution in [3.05, 3.63) is 82.3 Å². The third kappa shape index (κ3) is 4.62. The van der Waals surface area contributed by atoms with Gasteiger partial charge < -0.3 is 14.6 Å². The number of pyridine rings is 1. The first-order valence-electron chi connectivity index (χ1n) is 13.9. The Morgan fingerprint density at radius 1 is 1.10 bits per heavy atom. The Hall–Kier alpha value is -4.53. The Balaban J connectivity index is 1.26. The summed E-state index contributed by atoms with van der Waals surface area (Å²) in [6.45, 7) is 1.93. The molecule has 3 aliphatic rings. The number of nitrogens with zero attached hydrogens (tertiary/aromatic N) is 6. The highest BCUT2D eigenvalue weighted by molar-refractivity contribution is 6.10. The maximum absolute atomic E-state index is 15.3. The number of rotatable bonds is 8. The molecule has 0 atom stereocenters. The SMILES string of the molecule is Cn1cnnc1-c1cc(C#N)ccc1-c1cc(C2CC2)nc(N2Cc3c(cc(CNCC4COC4)c(F)c3F)C2=O)c1. The van der Waals surface area contributed by atoms with E-state index < -0.39 is 17.5 Å². The number of anilines is 1. The molecule has 7 rings (SSSR count). The summed E-state index contributed by atoms with van der Waals surface area (Å²) in [6.07, 6.45) is 3.55. The number of nitrogens with one attached hydrogen (secondary N) is 1. The first kappa shape index (κ1) is 26.4. The average molecular weight is 568 g/mol. The van der Waals surface area contributed by atoms with Crippen LogP contribution in [0.4, 0.5) is 14.6 Å². The Kier molecular flexibility index (Phi) is 6.52. The van der Waals surface area contributed by atoms with Gasteiger partial charge in [-0.15, -0.1) is 10.2 Å². The molecular formula is C31H27F2N7O2. The summed E-state index contributed by atoms with van der Waals surface area (Å²) in [5.41, 5.74) is 3.89. The zero-order chi connectivity index (χ0) is 29.0.